The highest BCUT2D eigenvalue weighted by molar-refractivity contribution is 7.92. The number of rotatable bonds is 24. The summed E-state index contributed by atoms with van der Waals surface area (Å²) < 4.78 is 84.0. The number of nitrogens with zero attached hydrogens (tertiary/aromatic N) is 6. The molecule has 0 spiro atoms. The quantitative estimate of drug-likeness (QED) is 0.0179. The van der Waals surface area contributed by atoms with Gasteiger partial charge in [-0.25, -0.2) is 16.8 Å². The maximum Gasteiger partial charge on any atom is 0.323 e. The fourth-order valence-electron chi connectivity index (χ4n) is 11.9. The summed E-state index contributed by atoms with van der Waals surface area (Å²) in [6, 6.07) is 19.3. The van der Waals surface area contributed by atoms with Crippen LogP contribution in [-0.2, 0) is 43.8 Å². The lowest BCUT2D eigenvalue weighted by Gasteiger charge is -2.37. The topological polar surface area (TPSA) is 259 Å². The average Bonchev–Trinajstić information content (AvgIpc) is 2.37. The Morgan fingerprint density at radius 2 is 1.08 bits per heavy atom. The van der Waals surface area contributed by atoms with Gasteiger partial charge in [0.15, 0.2) is 11.6 Å². The molecular formula is C63H76N6O13S2. The number of pyridine rings is 2. The number of fused-ring (bicyclic) bond motifs is 2. The van der Waals surface area contributed by atoms with Crippen LogP contribution in [-0.4, -0.2) is 120 Å². The van der Waals surface area contributed by atoms with Gasteiger partial charge in [0.05, 0.1) is 47.9 Å². The van der Waals surface area contributed by atoms with E-state index in [9.17, 15) is 36.0 Å². The number of methoxy groups -OCH3 is 1. The molecule has 4 aromatic heterocycles. The van der Waals surface area contributed by atoms with Crippen molar-refractivity contribution in [2.75, 3.05) is 67.7 Å². The molecule has 0 radical (unpaired) electrons. The Morgan fingerprint density at radius 3 is 1.46 bits per heavy atom. The number of sulfonamides is 2. The summed E-state index contributed by atoms with van der Waals surface area (Å²) in [5.74, 6) is 1.18. The van der Waals surface area contributed by atoms with Crippen LogP contribution in [0.5, 0.6) is 0 Å². The van der Waals surface area contributed by atoms with Crippen LogP contribution in [0.1, 0.15) is 165 Å². The van der Waals surface area contributed by atoms with Crippen molar-refractivity contribution in [3.63, 3.8) is 0 Å². The molecule has 2 aliphatic carbocycles. The molecule has 2 saturated carbocycles. The van der Waals surface area contributed by atoms with Gasteiger partial charge < -0.3 is 28.6 Å². The number of esters is 1. The lowest BCUT2D eigenvalue weighted by molar-refractivity contribution is -0.145. The number of hydrogen-bond acceptors (Lipinski definition) is 15. The number of benzene rings is 2. The molecule has 0 atom stereocenters. The first-order chi connectivity index (χ1) is 40.1. The Kier molecular flexibility index (Phi) is 18.9. The van der Waals surface area contributed by atoms with E-state index < -0.39 is 25.5 Å². The van der Waals surface area contributed by atoms with E-state index in [-0.39, 0.29) is 77.9 Å². The van der Waals surface area contributed by atoms with Crippen LogP contribution in [0, 0.1) is 24.7 Å². The third-order valence-electron chi connectivity index (χ3n) is 17.0. The SMILES string of the molecule is CCC(=O)c1c(-c2ccc(C)cc2)oc2nc(N(CCCC3(C(=O)C=[N+]=[N-])CCOCC3)S(C)(=O)=O)c(C3CC3)cc12.CCC(=O)c1c(-c2ccc(C)cc2)oc2nc(N(CCCC3(CC(=O)OC)CCOCC3)S(C)(=O)=O)c(C3CC3)cc12. The van der Waals surface area contributed by atoms with Crippen molar-refractivity contribution in [1.82, 2.24) is 9.97 Å². The second-order valence-corrected chi connectivity index (χ2v) is 27.0. The third kappa shape index (κ3) is 13.8. The second-order valence-electron chi connectivity index (χ2n) is 23.2. The smallest absolute Gasteiger partial charge is 0.323 e. The minimum atomic E-state index is -3.76. The van der Waals surface area contributed by atoms with Crippen LogP contribution >= 0.6 is 0 Å². The van der Waals surface area contributed by atoms with Gasteiger partial charge in [-0.15, -0.1) is 0 Å². The summed E-state index contributed by atoms with van der Waals surface area (Å²) in [4.78, 5) is 64.0. The van der Waals surface area contributed by atoms with Crippen molar-refractivity contribution in [1.29, 1.82) is 0 Å². The van der Waals surface area contributed by atoms with Gasteiger partial charge in [-0.3, -0.25) is 27.8 Å². The van der Waals surface area contributed by atoms with E-state index in [0.29, 0.717) is 116 Å². The summed E-state index contributed by atoms with van der Waals surface area (Å²) in [6.07, 6.45) is 12.2. The molecule has 0 N–H and O–H groups in total. The first-order valence-corrected chi connectivity index (χ1v) is 32.9. The van der Waals surface area contributed by atoms with Crippen LogP contribution < -0.4 is 8.61 Å². The Hall–Kier alpha value is -6.90. The molecule has 2 saturated heterocycles. The number of furan rings is 2. The maximum atomic E-state index is 13.2. The molecular weight excluding hydrogens is 1110 g/mol. The molecule has 2 aromatic carbocycles. The van der Waals surface area contributed by atoms with Crippen molar-refractivity contribution in [2.24, 2.45) is 10.8 Å². The van der Waals surface area contributed by atoms with Gasteiger partial charge in [-0.1, -0.05) is 73.5 Å². The average molecular weight is 1190 g/mol. The maximum absolute atomic E-state index is 13.2. The first kappa shape index (κ1) is 61.7. The number of anilines is 2. The van der Waals surface area contributed by atoms with Gasteiger partial charge >= 0.3 is 12.2 Å². The number of ether oxygens (including phenoxy) is 3. The highest BCUT2D eigenvalue weighted by Crippen LogP contribution is 2.49. The van der Waals surface area contributed by atoms with E-state index in [1.165, 1.54) is 22.0 Å². The van der Waals surface area contributed by atoms with Gasteiger partial charge in [-0.05, 0) is 131 Å². The summed E-state index contributed by atoms with van der Waals surface area (Å²) >= 11 is 0. The molecule has 6 aromatic rings. The van der Waals surface area contributed by atoms with Crippen LogP contribution in [0.2, 0.25) is 0 Å². The number of hydrogen-bond donors (Lipinski definition) is 0. The third-order valence-corrected chi connectivity index (χ3v) is 19.4. The number of Topliss-reactive ketones (excluding diaryl/α,β-unsaturated/α-hetero) is 3. The van der Waals surface area contributed by atoms with Crippen LogP contribution in [0.4, 0.5) is 11.6 Å². The second kappa shape index (κ2) is 25.8. The van der Waals surface area contributed by atoms with E-state index in [0.717, 1.165) is 84.4 Å². The number of aromatic nitrogens is 2. The number of carbonyl (C=O) groups is 4. The van der Waals surface area contributed by atoms with Gasteiger partial charge in [0.25, 0.3) is 0 Å². The lowest BCUT2D eigenvalue weighted by atomic mass is 9.73. The van der Waals surface area contributed by atoms with Crippen LogP contribution in [0.15, 0.2) is 69.5 Å². The summed E-state index contributed by atoms with van der Waals surface area (Å²) in [5, 5.41) is 1.21. The zero-order valence-electron chi connectivity index (χ0n) is 49.2. The predicted molar refractivity (Wildman–Crippen MR) is 321 cm³/mol. The van der Waals surface area contributed by atoms with Crippen molar-refractivity contribution in [3.05, 3.63) is 99.6 Å². The Balaban J connectivity index is 0.000000202. The van der Waals surface area contributed by atoms with Crippen molar-refractivity contribution < 1.29 is 63.8 Å². The number of carbonyl (C=O) groups excluding carboxylic acids is 4. The summed E-state index contributed by atoms with van der Waals surface area (Å²) in [6.45, 7) is 9.87. The Morgan fingerprint density at radius 1 is 0.667 bits per heavy atom. The van der Waals surface area contributed by atoms with E-state index >= 15 is 0 Å². The number of aryl methyl sites for hydroxylation is 2. The fraction of sp³-hybridized carbons (Fsp3) is 0.508. The largest absolute Gasteiger partial charge is 0.469 e. The molecule has 6 heterocycles. The van der Waals surface area contributed by atoms with E-state index in [1.807, 2.05) is 81.4 Å². The molecule has 10 rings (SSSR count). The van der Waals surface area contributed by atoms with E-state index in [1.54, 1.807) is 6.92 Å². The zero-order chi connectivity index (χ0) is 60.1. The molecule has 0 amide bonds. The highest BCUT2D eigenvalue weighted by atomic mass is 32.2. The van der Waals surface area contributed by atoms with Gasteiger partial charge in [0.1, 0.15) is 23.2 Å². The van der Waals surface area contributed by atoms with Gasteiger partial charge in [0, 0.05) is 68.9 Å². The fourth-order valence-corrected chi connectivity index (χ4v) is 13.7. The molecule has 0 bridgehead atoms. The van der Waals surface area contributed by atoms with E-state index in [4.69, 9.17) is 38.5 Å². The molecule has 0 unspecified atom stereocenters. The van der Waals surface area contributed by atoms with Crippen LogP contribution in [0.3, 0.4) is 0 Å². The van der Waals surface area contributed by atoms with Crippen LogP contribution in [0.25, 0.3) is 50.4 Å². The Labute approximate surface area is 491 Å². The molecule has 4 aliphatic rings. The molecule has 448 valence electrons. The highest BCUT2D eigenvalue weighted by Gasteiger charge is 2.42. The molecule has 21 heteroatoms. The zero-order valence-corrected chi connectivity index (χ0v) is 50.8. The van der Waals surface area contributed by atoms with Crippen molar-refractivity contribution >= 4 is 83.4 Å². The van der Waals surface area contributed by atoms with Gasteiger partial charge in [0.2, 0.25) is 37.3 Å². The molecule has 4 fully saturated rings. The predicted octanol–water partition coefficient (Wildman–Crippen LogP) is 11.7. The first-order valence-electron chi connectivity index (χ1n) is 29.2. The normalized spacial score (nSPS) is 16.8. The standard InChI is InChI=1S/C32H40N2O7S.C31H36N4O6S/c1-5-26(35)28-25-19-24(22-11-12-22)30(33-31(25)41-29(28)23-9-7-21(2)8-10-23)34(42(4,37)38)16-6-13-32(20-27(36)39-3)14-17-40-18-15-32;1-4-25(36)27-24-18-23(21-10-11-21)29(34-30(24)41-28(27)22-8-6-20(2)7-9-22)35(42(3,38)39)15-5-12-31(26(37)19-33-32)13-16-40-17-14-31/h7-10,19,22H,5-6,11-18,20H2,1-4H3;6-9,18-19,21H,4-5,10-17H2,1-3H3. The summed E-state index contributed by atoms with van der Waals surface area (Å²) in [5.41, 5.74) is 14.6. The van der Waals surface area contributed by atoms with E-state index in [2.05, 4.69) is 4.79 Å². The minimum Gasteiger partial charge on any atom is -0.469 e. The minimum absolute atomic E-state index is 0.0482. The van der Waals surface area contributed by atoms with Crippen molar-refractivity contribution in [2.45, 2.75) is 136 Å². The molecule has 2 aliphatic heterocycles. The Bertz CT molecular complexity index is 3710. The molecule has 84 heavy (non-hydrogen) atoms. The summed E-state index contributed by atoms with van der Waals surface area (Å²) in [7, 11) is -6.07. The van der Waals surface area contributed by atoms with Gasteiger partial charge in [-0.2, -0.15) is 14.8 Å². The monoisotopic (exact) mass is 1190 g/mol. The lowest BCUT2D eigenvalue weighted by Crippen LogP contribution is -2.39. The molecule has 19 nitrogen and oxygen atoms in total. The number of ketones is 3. The van der Waals surface area contributed by atoms with Crippen molar-refractivity contribution in [3.8, 4) is 22.6 Å².